The van der Waals surface area contributed by atoms with Crippen LogP contribution in [0.5, 0.6) is 5.75 Å². The van der Waals surface area contributed by atoms with Crippen LogP contribution in [-0.4, -0.2) is 24.4 Å². The number of aliphatic hydroxyl groups excluding tert-OH is 1. The van der Waals surface area contributed by atoms with E-state index >= 15 is 0 Å². The maximum atomic E-state index is 12.5. The minimum atomic E-state index is -4.38. The van der Waals surface area contributed by atoms with E-state index in [9.17, 15) is 18.3 Å². The van der Waals surface area contributed by atoms with E-state index < -0.39 is 17.8 Å². The molecule has 1 unspecified atom stereocenters. The zero-order valence-corrected chi connectivity index (χ0v) is 13.3. The third-order valence-electron chi connectivity index (χ3n) is 3.39. The third kappa shape index (κ3) is 6.10. The number of hydrogen-bond acceptors (Lipinski definition) is 4. The fraction of sp³-hybridized carbons (Fsp3) is 0.278. The molecule has 0 amide bonds. The molecule has 0 bridgehead atoms. The van der Waals surface area contributed by atoms with Crippen LogP contribution in [0.2, 0.25) is 0 Å². The quantitative estimate of drug-likeness (QED) is 0.805. The number of nitrogens with one attached hydrogen (secondary N) is 1. The second-order valence-corrected chi connectivity index (χ2v) is 5.43. The van der Waals surface area contributed by atoms with Crippen LogP contribution in [-0.2, 0) is 12.7 Å². The first-order valence-corrected chi connectivity index (χ1v) is 7.56. The fourth-order valence-corrected chi connectivity index (χ4v) is 2.13. The van der Waals surface area contributed by atoms with Crippen LogP contribution in [0.15, 0.2) is 48.5 Å². The van der Waals surface area contributed by atoms with E-state index in [1.807, 2.05) is 6.07 Å². The van der Waals surface area contributed by atoms with Crippen molar-refractivity contribution in [2.45, 2.75) is 18.8 Å². The van der Waals surface area contributed by atoms with Crippen LogP contribution >= 0.6 is 0 Å². The summed E-state index contributed by atoms with van der Waals surface area (Å²) < 4.78 is 42.6. The molecule has 0 heterocycles. The minimum absolute atomic E-state index is 0.0450. The second-order valence-electron chi connectivity index (χ2n) is 5.43. The van der Waals surface area contributed by atoms with Crippen LogP contribution in [0.4, 0.5) is 13.2 Å². The largest absolute Gasteiger partial charge is 0.491 e. The zero-order valence-electron chi connectivity index (χ0n) is 13.3. The number of aliphatic hydroxyl groups is 1. The van der Waals surface area contributed by atoms with Crippen molar-refractivity contribution in [1.82, 2.24) is 5.32 Å². The second kappa shape index (κ2) is 8.51. The lowest BCUT2D eigenvalue weighted by Gasteiger charge is -2.14. The van der Waals surface area contributed by atoms with Gasteiger partial charge in [-0.05, 0) is 42.0 Å². The first-order valence-electron chi connectivity index (χ1n) is 7.56. The standard InChI is InChI=1S/C18H17F3N2O2/c19-18(20,21)15-4-6-17(7-5-15)25-12-16(24)11-23-10-14-3-1-2-13(8-14)9-22/h1-8,16,23-24H,10-12H2. The van der Waals surface area contributed by atoms with Crippen molar-refractivity contribution in [1.29, 1.82) is 5.26 Å². The predicted molar refractivity (Wildman–Crippen MR) is 85.8 cm³/mol. The molecular weight excluding hydrogens is 333 g/mol. The molecule has 7 heteroatoms. The summed E-state index contributed by atoms with van der Waals surface area (Å²) in [6.07, 6.45) is -5.20. The lowest BCUT2D eigenvalue weighted by Crippen LogP contribution is -2.31. The first kappa shape index (κ1) is 18.8. The Balaban J connectivity index is 1.73. The lowest BCUT2D eigenvalue weighted by atomic mass is 10.1. The molecule has 0 aliphatic heterocycles. The van der Waals surface area contributed by atoms with Gasteiger partial charge in [-0.25, -0.2) is 0 Å². The summed E-state index contributed by atoms with van der Waals surface area (Å²) in [5.41, 5.74) is 0.724. The molecule has 0 aromatic heterocycles. The Labute approximate surface area is 143 Å². The molecule has 2 N–H and O–H groups in total. The summed E-state index contributed by atoms with van der Waals surface area (Å²) >= 11 is 0. The van der Waals surface area contributed by atoms with E-state index in [2.05, 4.69) is 11.4 Å². The molecule has 0 fully saturated rings. The van der Waals surface area contributed by atoms with Crippen LogP contribution in [0.25, 0.3) is 0 Å². The van der Waals surface area contributed by atoms with Gasteiger partial charge in [-0.3, -0.25) is 0 Å². The van der Waals surface area contributed by atoms with Gasteiger partial charge in [0.1, 0.15) is 18.5 Å². The van der Waals surface area contributed by atoms with E-state index in [-0.39, 0.29) is 18.9 Å². The van der Waals surface area contributed by atoms with Gasteiger partial charge < -0.3 is 15.2 Å². The fourth-order valence-electron chi connectivity index (χ4n) is 2.13. The van der Waals surface area contributed by atoms with Crippen LogP contribution in [0.1, 0.15) is 16.7 Å². The SMILES string of the molecule is N#Cc1cccc(CNCC(O)COc2ccc(C(F)(F)F)cc2)c1. The Morgan fingerprint density at radius 1 is 1.16 bits per heavy atom. The Kier molecular flexibility index (Phi) is 6.39. The molecule has 0 radical (unpaired) electrons. The monoisotopic (exact) mass is 350 g/mol. The van der Waals surface area contributed by atoms with Gasteiger partial charge in [0, 0.05) is 13.1 Å². The van der Waals surface area contributed by atoms with E-state index in [1.165, 1.54) is 12.1 Å². The summed E-state index contributed by atoms with van der Waals surface area (Å²) in [5, 5.41) is 21.7. The maximum Gasteiger partial charge on any atom is 0.416 e. The zero-order chi connectivity index (χ0) is 18.3. The molecule has 2 aromatic carbocycles. The Hall–Kier alpha value is -2.56. The maximum absolute atomic E-state index is 12.5. The first-order chi connectivity index (χ1) is 11.9. The van der Waals surface area contributed by atoms with Crippen LogP contribution < -0.4 is 10.1 Å². The summed E-state index contributed by atoms with van der Waals surface area (Å²) in [7, 11) is 0. The molecule has 2 rings (SSSR count). The van der Waals surface area contributed by atoms with E-state index in [4.69, 9.17) is 10.00 Å². The summed E-state index contributed by atoms with van der Waals surface area (Å²) in [5.74, 6) is 0.258. The van der Waals surface area contributed by atoms with Crippen LogP contribution in [0.3, 0.4) is 0 Å². The molecule has 1 atom stereocenters. The van der Waals surface area contributed by atoms with Gasteiger partial charge in [0.25, 0.3) is 0 Å². The number of ether oxygens (including phenoxy) is 1. The van der Waals surface area contributed by atoms with E-state index in [0.29, 0.717) is 12.1 Å². The van der Waals surface area contributed by atoms with Gasteiger partial charge >= 0.3 is 6.18 Å². The highest BCUT2D eigenvalue weighted by Gasteiger charge is 2.30. The summed E-state index contributed by atoms with van der Waals surface area (Å²) in [6, 6.07) is 13.4. The van der Waals surface area contributed by atoms with Crippen molar-refractivity contribution in [3.63, 3.8) is 0 Å². The molecular formula is C18H17F3N2O2. The van der Waals surface area contributed by atoms with Gasteiger partial charge in [-0.2, -0.15) is 18.4 Å². The van der Waals surface area contributed by atoms with E-state index in [0.717, 1.165) is 17.7 Å². The molecule has 0 aliphatic carbocycles. The van der Waals surface area contributed by atoms with Gasteiger partial charge in [0.15, 0.2) is 0 Å². The Morgan fingerprint density at radius 2 is 1.88 bits per heavy atom. The molecule has 2 aromatic rings. The number of nitrogens with zero attached hydrogens (tertiary/aromatic N) is 1. The normalized spacial score (nSPS) is 12.4. The smallest absolute Gasteiger partial charge is 0.416 e. The highest BCUT2D eigenvalue weighted by Crippen LogP contribution is 2.30. The Morgan fingerprint density at radius 3 is 2.52 bits per heavy atom. The van der Waals surface area contributed by atoms with Crippen molar-refractivity contribution < 1.29 is 23.0 Å². The molecule has 0 saturated carbocycles. The lowest BCUT2D eigenvalue weighted by molar-refractivity contribution is -0.137. The predicted octanol–water partition coefficient (Wildman–Crippen LogP) is 3.11. The number of benzene rings is 2. The van der Waals surface area contributed by atoms with Gasteiger partial charge in [0.2, 0.25) is 0 Å². The highest BCUT2D eigenvalue weighted by molar-refractivity contribution is 5.32. The van der Waals surface area contributed by atoms with Crippen molar-refractivity contribution in [2.24, 2.45) is 0 Å². The van der Waals surface area contributed by atoms with Gasteiger partial charge in [-0.1, -0.05) is 12.1 Å². The number of nitriles is 1. The van der Waals surface area contributed by atoms with Crippen molar-refractivity contribution in [3.8, 4) is 11.8 Å². The van der Waals surface area contributed by atoms with Crippen molar-refractivity contribution >= 4 is 0 Å². The average Bonchev–Trinajstić information content (AvgIpc) is 2.60. The third-order valence-corrected chi connectivity index (χ3v) is 3.39. The Bertz CT molecular complexity index is 724. The number of rotatable bonds is 7. The average molecular weight is 350 g/mol. The van der Waals surface area contributed by atoms with Gasteiger partial charge in [-0.15, -0.1) is 0 Å². The molecule has 0 saturated heterocycles. The highest BCUT2D eigenvalue weighted by atomic mass is 19.4. The minimum Gasteiger partial charge on any atom is -0.491 e. The molecule has 4 nitrogen and oxygen atoms in total. The van der Waals surface area contributed by atoms with Crippen molar-refractivity contribution in [3.05, 3.63) is 65.2 Å². The van der Waals surface area contributed by atoms with Crippen LogP contribution in [0, 0.1) is 11.3 Å². The van der Waals surface area contributed by atoms with E-state index in [1.54, 1.807) is 18.2 Å². The topological polar surface area (TPSA) is 65.3 Å². The number of alkyl halides is 3. The number of hydrogen-bond donors (Lipinski definition) is 2. The molecule has 132 valence electrons. The molecule has 0 aliphatic rings. The molecule has 0 spiro atoms. The molecule has 25 heavy (non-hydrogen) atoms. The van der Waals surface area contributed by atoms with Gasteiger partial charge in [0.05, 0.1) is 17.2 Å². The summed E-state index contributed by atoms with van der Waals surface area (Å²) in [6.45, 7) is 0.681. The summed E-state index contributed by atoms with van der Waals surface area (Å²) in [4.78, 5) is 0. The number of halogens is 3. The van der Waals surface area contributed by atoms with Crippen molar-refractivity contribution in [2.75, 3.05) is 13.2 Å².